The van der Waals surface area contributed by atoms with E-state index in [0.29, 0.717) is 0 Å². The van der Waals surface area contributed by atoms with Crippen molar-refractivity contribution >= 4 is 65.4 Å². The summed E-state index contributed by atoms with van der Waals surface area (Å²) < 4.78 is 248. The van der Waals surface area contributed by atoms with Crippen molar-refractivity contribution < 1.29 is 37.0 Å². The lowest BCUT2D eigenvalue weighted by Crippen LogP contribution is -2.07. The molecular formula is C51H32N6. The van der Waals surface area contributed by atoms with E-state index in [-0.39, 0.29) is 33.0 Å². The van der Waals surface area contributed by atoms with Crippen molar-refractivity contribution in [3.63, 3.8) is 0 Å². The third-order valence-electron chi connectivity index (χ3n) is 9.39. The van der Waals surface area contributed by atoms with E-state index >= 15 is 0 Å². The van der Waals surface area contributed by atoms with Crippen LogP contribution in [0.3, 0.4) is 0 Å². The van der Waals surface area contributed by atoms with Crippen LogP contribution < -0.4 is 0 Å². The third-order valence-corrected chi connectivity index (χ3v) is 9.39. The Kier molecular flexibility index (Phi) is 3.25. The lowest BCUT2D eigenvalue weighted by atomic mass is 10.1. The van der Waals surface area contributed by atoms with Gasteiger partial charge in [0.2, 0.25) is 5.95 Å². The molecule has 0 atom stereocenters. The number of para-hydroxylation sites is 5. The summed E-state index contributed by atoms with van der Waals surface area (Å²) in [5.41, 5.74) is -4.85. The first-order valence-electron chi connectivity index (χ1n) is 30.5. The average molecular weight is 756 g/mol. The summed E-state index contributed by atoms with van der Waals surface area (Å²) in [6, 6.07) is -15.1. The predicted octanol–water partition coefficient (Wildman–Crippen LogP) is 12.5. The summed E-state index contributed by atoms with van der Waals surface area (Å²) in [5, 5.41) is -2.52. The molecule has 0 saturated heterocycles. The standard InChI is InChI=1S/C51H32N6/c1-4-16-33(17-5-1)49-52-50(34-28-29-40-37-22-10-13-25-43(37)55(46(40)32-34)35-18-6-2-7-19-35)54-51(53-49)57-45-27-15-12-24-39(45)42-31-30-41-38-23-11-14-26-44(38)56(47(41)48(42)57)36-20-8-3-9-21-36/h1-32H/i1D,2D,4D,5D,6D,7D,10D,11D,12D,13D,14D,15D,16D,17D,18D,19D,22D,23D,24D,25D,26D,27D,28D,29D,30D,31D,32D. The lowest BCUT2D eigenvalue weighted by Gasteiger charge is -2.13. The second-order valence-electron chi connectivity index (χ2n) is 12.4. The Morgan fingerprint density at radius 1 is 0.351 bits per heavy atom. The van der Waals surface area contributed by atoms with Gasteiger partial charge in [-0.15, -0.1) is 0 Å². The minimum absolute atomic E-state index is 0.179. The number of fused-ring (bicyclic) bond motifs is 10. The van der Waals surface area contributed by atoms with Crippen molar-refractivity contribution in [3.8, 4) is 40.1 Å². The summed E-state index contributed by atoms with van der Waals surface area (Å²) in [6.45, 7) is 0. The number of hydrogen-bond donors (Lipinski definition) is 0. The van der Waals surface area contributed by atoms with Crippen LogP contribution in [0, 0.1) is 0 Å². The summed E-state index contributed by atoms with van der Waals surface area (Å²) in [6.07, 6.45) is 0. The number of rotatable bonds is 5. The number of aromatic nitrogens is 6. The van der Waals surface area contributed by atoms with E-state index in [9.17, 15) is 12.3 Å². The molecular weight excluding hydrogens is 697 g/mol. The molecule has 0 aliphatic rings. The molecule has 4 heterocycles. The number of hydrogen-bond acceptors (Lipinski definition) is 3. The fourth-order valence-electron chi connectivity index (χ4n) is 7.10. The highest BCUT2D eigenvalue weighted by atomic mass is 15.2. The smallest absolute Gasteiger partial charge is 0.238 e. The fourth-order valence-corrected chi connectivity index (χ4v) is 7.10. The summed E-state index contributed by atoms with van der Waals surface area (Å²) >= 11 is 0. The second kappa shape index (κ2) is 12.3. The highest BCUT2D eigenvalue weighted by Gasteiger charge is 2.24. The minimum Gasteiger partial charge on any atom is -0.309 e. The third kappa shape index (κ3) is 4.74. The zero-order valence-corrected chi connectivity index (χ0v) is 28.6. The Balaban J connectivity index is 1.37. The normalized spacial score (nSPS) is 18.5. The quantitative estimate of drug-likeness (QED) is 0.176. The molecule has 8 aromatic carbocycles. The van der Waals surface area contributed by atoms with Gasteiger partial charge < -0.3 is 9.13 Å². The molecule has 0 N–H and O–H groups in total. The van der Waals surface area contributed by atoms with E-state index in [1.165, 1.54) is 16.7 Å². The van der Waals surface area contributed by atoms with Crippen LogP contribution in [-0.2, 0) is 0 Å². The molecule has 0 saturated carbocycles. The topological polar surface area (TPSA) is 53.5 Å². The van der Waals surface area contributed by atoms with Crippen molar-refractivity contribution in [1.82, 2.24) is 28.7 Å². The molecule has 6 nitrogen and oxygen atoms in total. The van der Waals surface area contributed by atoms with Crippen molar-refractivity contribution in [1.29, 1.82) is 0 Å². The first-order valence-corrected chi connectivity index (χ1v) is 17.0. The first kappa shape index (κ1) is 15.0. The SMILES string of the molecule is [2H]c1c([2H])c([2H])c(-c2nc(-c3c([2H])c([2H])c4c5c([2H])c([2H])c([2H])c([2H])c5n(-c5c([2H])c([2H])c([2H])c([2H])c5[2H])c4c3[2H])nc(-n3c4c([2H])c([2H])c([2H])c([2H])c4c4c([2H])c([2H])c5c6c([2H])c([2H])c([2H])c([2H])c6n(-c6ccccc6)c5c43)n2)c([2H])c1[2H]. The van der Waals surface area contributed by atoms with E-state index < -0.39 is 236 Å². The highest BCUT2D eigenvalue weighted by Crippen LogP contribution is 2.42. The van der Waals surface area contributed by atoms with Gasteiger partial charge in [0.1, 0.15) is 0 Å². The summed E-state index contributed by atoms with van der Waals surface area (Å²) in [5.74, 6) is -2.60. The van der Waals surface area contributed by atoms with Gasteiger partial charge >= 0.3 is 0 Å². The molecule has 266 valence electrons. The molecule has 57 heavy (non-hydrogen) atoms. The Morgan fingerprint density at radius 2 is 0.842 bits per heavy atom. The van der Waals surface area contributed by atoms with Crippen molar-refractivity contribution in [2.24, 2.45) is 0 Å². The van der Waals surface area contributed by atoms with Gasteiger partial charge in [0.25, 0.3) is 0 Å². The molecule has 4 aromatic heterocycles. The fraction of sp³-hybridized carbons (Fsp3) is 0. The van der Waals surface area contributed by atoms with Gasteiger partial charge in [0, 0.05) is 54.8 Å². The molecule has 0 bridgehead atoms. The maximum Gasteiger partial charge on any atom is 0.238 e. The van der Waals surface area contributed by atoms with Crippen LogP contribution in [0.2, 0.25) is 0 Å². The van der Waals surface area contributed by atoms with Crippen LogP contribution in [0.5, 0.6) is 0 Å². The zero-order chi connectivity index (χ0) is 60.9. The molecule has 0 aliphatic carbocycles. The summed E-state index contributed by atoms with van der Waals surface area (Å²) in [4.78, 5) is 13.9. The average Bonchev–Trinajstić information content (AvgIpc) is 1.57. The van der Waals surface area contributed by atoms with Crippen LogP contribution in [-0.4, -0.2) is 28.7 Å². The Morgan fingerprint density at radius 3 is 1.51 bits per heavy atom. The Hall–Kier alpha value is -7.83. The van der Waals surface area contributed by atoms with Crippen molar-refractivity contribution in [2.75, 3.05) is 0 Å². The van der Waals surface area contributed by atoms with E-state index in [0.717, 1.165) is 9.13 Å². The van der Waals surface area contributed by atoms with Crippen molar-refractivity contribution in [2.45, 2.75) is 0 Å². The van der Waals surface area contributed by atoms with Crippen molar-refractivity contribution in [3.05, 3.63) is 193 Å². The predicted molar refractivity (Wildman–Crippen MR) is 234 cm³/mol. The molecule has 0 fully saturated rings. The van der Waals surface area contributed by atoms with E-state index in [1.807, 2.05) is 0 Å². The van der Waals surface area contributed by atoms with E-state index in [4.69, 9.17) is 29.7 Å². The molecule has 0 amide bonds. The molecule has 12 rings (SSSR count). The van der Waals surface area contributed by atoms with Gasteiger partial charge in [-0.2, -0.15) is 9.97 Å². The molecule has 12 aromatic rings. The Labute approximate surface area is 365 Å². The monoisotopic (exact) mass is 755 g/mol. The van der Waals surface area contributed by atoms with Crippen LogP contribution in [0.15, 0.2) is 193 Å². The van der Waals surface area contributed by atoms with Crippen LogP contribution in [0.4, 0.5) is 0 Å². The number of nitrogens with zero attached hydrogens (tertiary/aromatic N) is 6. The molecule has 0 aliphatic heterocycles. The first-order chi connectivity index (χ1) is 39.5. The zero-order valence-electron chi connectivity index (χ0n) is 55.6. The van der Waals surface area contributed by atoms with Crippen LogP contribution in [0.1, 0.15) is 37.0 Å². The molecule has 0 unspecified atom stereocenters. The largest absolute Gasteiger partial charge is 0.309 e. The van der Waals surface area contributed by atoms with Gasteiger partial charge in [-0.05, 0) is 48.4 Å². The highest BCUT2D eigenvalue weighted by molar-refractivity contribution is 6.23. The van der Waals surface area contributed by atoms with Crippen LogP contribution >= 0.6 is 0 Å². The van der Waals surface area contributed by atoms with Gasteiger partial charge in [-0.25, -0.2) is 4.98 Å². The van der Waals surface area contributed by atoms with E-state index in [2.05, 4.69) is 9.97 Å². The van der Waals surface area contributed by atoms with E-state index in [1.54, 1.807) is 18.2 Å². The minimum atomic E-state index is -0.990. The van der Waals surface area contributed by atoms with Gasteiger partial charge in [-0.3, -0.25) is 4.57 Å². The van der Waals surface area contributed by atoms with Crippen LogP contribution in [0.25, 0.3) is 106 Å². The number of benzene rings is 8. The molecule has 0 spiro atoms. The van der Waals surface area contributed by atoms with Gasteiger partial charge in [0.05, 0.1) is 70.1 Å². The molecule has 0 radical (unpaired) electrons. The van der Waals surface area contributed by atoms with Gasteiger partial charge in [0.15, 0.2) is 11.6 Å². The molecule has 6 heteroatoms. The lowest BCUT2D eigenvalue weighted by molar-refractivity contribution is 0.953. The second-order valence-corrected chi connectivity index (χ2v) is 12.4. The summed E-state index contributed by atoms with van der Waals surface area (Å²) in [7, 11) is 0. The maximum absolute atomic E-state index is 10.1. The maximum atomic E-state index is 10.1. The van der Waals surface area contributed by atoms with Gasteiger partial charge in [-0.1, -0.05) is 145 Å². The Bertz CT molecular complexity index is 5050.